The number of thioether (sulfide) groups is 1. The predicted octanol–water partition coefficient (Wildman–Crippen LogP) is 3.24. The highest BCUT2D eigenvalue weighted by Crippen LogP contribution is 2.25. The molecule has 0 spiro atoms. The Kier molecular flexibility index (Phi) is 5.17. The molecule has 1 N–H and O–H groups in total. The first-order chi connectivity index (χ1) is 11.1. The number of carbonyl (C=O) groups excluding carboxylic acids is 1. The molecule has 23 heavy (non-hydrogen) atoms. The molecule has 1 aliphatic heterocycles. The molecule has 1 aliphatic rings. The molecule has 5 nitrogen and oxygen atoms in total. The molecule has 2 amide bonds. The third-order valence-corrected chi connectivity index (χ3v) is 6.33. The molecule has 0 unspecified atom stereocenters. The molecule has 1 saturated heterocycles. The van der Waals surface area contributed by atoms with E-state index in [-0.39, 0.29) is 12.1 Å². The SMILES string of the molecule is C[C@@H]1SCCN(C(=O)NCc2nnc(-c3ccccc3)s2)[C@H]1C. The van der Waals surface area contributed by atoms with E-state index in [1.165, 1.54) is 11.3 Å². The van der Waals surface area contributed by atoms with Crippen molar-refractivity contribution in [2.24, 2.45) is 0 Å². The summed E-state index contributed by atoms with van der Waals surface area (Å²) in [6.45, 7) is 5.50. The predicted molar refractivity (Wildman–Crippen MR) is 95.7 cm³/mol. The van der Waals surface area contributed by atoms with Gasteiger partial charge < -0.3 is 10.2 Å². The van der Waals surface area contributed by atoms with Gasteiger partial charge in [-0.2, -0.15) is 11.8 Å². The first-order valence-electron chi connectivity index (χ1n) is 7.69. The van der Waals surface area contributed by atoms with Crippen molar-refractivity contribution < 1.29 is 4.79 Å². The standard InChI is InChI=1S/C16H20N4OS2/c1-11-12(2)22-9-8-20(11)16(21)17-10-14-18-19-15(23-14)13-6-4-3-5-7-13/h3-7,11-12H,8-10H2,1-2H3,(H,17,21)/t11-,12-/m0/s1. The van der Waals surface area contributed by atoms with E-state index in [1.54, 1.807) is 0 Å². The van der Waals surface area contributed by atoms with Gasteiger partial charge in [-0.25, -0.2) is 4.79 Å². The lowest BCUT2D eigenvalue weighted by Crippen LogP contribution is -2.51. The maximum atomic E-state index is 12.4. The Morgan fingerprint density at radius 2 is 2.09 bits per heavy atom. The maximum Gasteiger partial charge on any atom is 0.318 e. The lowest BCUT2D eigenvalue weighted by molar-refractivity contribution is 0.180. The van der Waals surface area contributed by atoms with Gasteiger partial charge in [0.15, 0.2) is 0 Å². The fraction of sp³-hybridized carbons (Fsp3) is 0.438. The van der Waals surface area contributed by atoms with Crippen molar-refractivity contribution in [2.45, 2.75) is 31.7 Å². The van der Waals surface area contributed by atoms with Gasteiger partial charge in [0.25, 0.3) is 0 Å². The van der Waals surface area contributed by atoms with Gasteiger partial charge in [0.05, 0.1) is 6.54 Å². The van der Waals surface area contributed by atoms with Gasteiger partial charge in [-0.3, -0.25) is 0 Å². The normalized spacial score (nSPS) is 21.2. The minimum absolute atomic E-state index is 0.0129. The number of aromatic nitrogens is 2. The maximum absolute atomic E-state index is 12.4. The Morgan fingerprint density at radius 1 is 1.30 bits per heavy atom. The monoisotopic (exact) mass is 348 g/mol. The second-order valence-corrected chi connectivity index (χ2v) is 8.08. The average molecular weight is 348 g/mol. The van der Waals surface area contributed by atoms with E-state index in [0.717, 1.165) is 27.9 Å². The van der Waals surface area contributed by atoms with E-state index in [4.69, 9.17) is 0 Å². The number of nitrogens with zero attached hydrogens (tertiary/aromatic N) is 3. The van der Waals surface area contributed by atoms with E-state index >= 15 is 0 Å². The van der Waals surface area contributed by atoms with Crippen LogP contribution in [-0.4, -0.2) is 44.7 Å². The largest absolute Gasteiger partial charge is 0.331 e. The molecule has 2 heterocycles. The smallest absolute Gasteiger partial charge is 0.318 e. The van der Waals surface area contributed by atoms with Crippen molar-refractivity contribution >= 4 is 29.1 Å². The number of rotatable bonds is 3. The average Bonchev–Trinajstić information content (AvgIpc) is 3.05. The number of nitrogens with one attached hydrogen (secondary N) is 1. The summed E-state index contributed by atoms with van der Waals surface area (Å²) >= 11 is 3.44. The molecule has 2 aromatic rings. The second kappa shape index (κ2) is 7.31. The van der Waals surface area contributed by atoms with Gasteiger partial charge in [0.1, 0.15) is 10.0 Å². The van der Waals surface area contributed by atoms with E-state index in [2.05, 4.69) is 29.4 Å². The molecule has 1 fully saturated rings. The van der Waals surface area contributed by atoms with Crippen molar-refractivity contribution in [1.29, 1.82) is 0 Å². The number of amides is 2. The summed E-state index contributed by atoms with van der Waals surface area (Å²) < 4.78 is 0. The fourth-order valence-electron chi connectivity index (χ4n) is 2.49. The van der Waals surface area contributed by atoms with Crippen molar-refractivity contribution in [2.75, 3.05) is 12.3 Å². The highest BCUT2D eigenvalue weighted by molar-refractivity contribution is 8.00. The van der Waals surface area contributed by atoms with Gasteiger partial charge >= 0.3 is 6.03 Å². The first-order valence-corrected chi connectivity index (χ1v) is 9.55. The first kappa shape index (κ1) is 16.3. The molecular weight excluding hydrogens is 328 g/mol. The molecule has 0 aliphatic carbocycles. The lowest BCUT2D eigenvalue weighted by Gasteiger charge is -2.37. The van der Waals surface area contributed by atoms with E-state index in [9.17, 15) is 4.79 Å². The van der Waals surface area contributed by atoms with Crippen LogP contribution in [0.2, 0.25) is 0 Å². The summed E-state index contributed by atoms with van der Waals surface area (Å²) in [6.07, 6.45) is 0. The summed E-state index contributed by atoms with van der Waals surface area (Å²) in [5, 5.41) is 13.5. The fourth-order valence-corrected chi connectivity index (χ4v) is 4.38. The minimum atomic E-state index is -0.0129. The van der Waals surface area contributed by atoms with Crippen LogP contribution in [0.5, 0.6) is 0 Å². The highest BCUT2D eigenvalue weighted by atomic mass is 32.2. The summed E-state index contributed by atoms with van der Waals surface area (Å²) in [7, 11) is 0. The van der Waals surface area contributed by atoms with E-state index in [0.29, 0.717) is 11.8 Å². The number of hydrogen-bond donors (Lipinski definition) is 1. The van der Waals surface area contributed by atoms with Gasteiger partial charge in [-0.1, -0.05) is 48.6 Å². The summed E-state index contributed by atoms with van der Waals surface area (Å²) in [5.74, 6) is 0.996. The molecule has 0 radical (unpaired) electrons. The van der Waals surface area contributed by atoms with Crippen molar-refractivity contribution in [3.63, 3.8) is 0 Å². The summed E-state index contributed by atoms with van der Waals surface area (Å²) in [5.41, 5.74) is 1.05. The van der Waals surface area contributed by atoms with Gasteiger partial charge in [-0.05, 0) is 6.92 Å². The molecule has 3 rings (SSSR count). The van der Waals surface area contributed by atoms with Gasteiger partial charge in [0.2, 0.25) is 0 Å². The summed E-state index contributed by atoms with van der Waals surface area (Å²) in [4.78, 5) is 14.3. The highest BCUT2D eigenvalue weighted by Gasteiger charge is 2.28. The van der Waals surface area contributed by atoms with Crippen molar-refractivity contribution in [3.8, 4) is 10.6 Å². The Morgan fingerprint density at radius 3 is 2.87 bits per heavy atom. The van der Waals surface area contributed by atoms with Gasteiger partial charge in [0, 0.05) is 29.2 Å². The third kappa shape index (κ3) is 3.84. The zero-order valence-electron chi connectivity index (χ0n) is 13.2. The Balaban J connectivity index is 1.58. The van der Waals surface area contributed by atoms with Crippen LogP contribution in [0.25, 0.3) is 10.6 Å². The number of hydrogen-bond acceptors (Lipinski definition) is 5. The molecular formula is C16H20N4OS2. The topological polar surface area (TPSA) is 58.1 Å². The summed E-state index contributed by atoms with van der Waals surface area (Å²) in [6, 6.07) is 10.2. The number of urea groups is 1. The molecule has 122 valence electrons. The van der Waals surface area contributed by atoms with Crippen LogP contribution in [0, 0.1) is 0 Å². The van der Waals surface area contributed by atoms with Crippen LogP contribution >= 0.6 is 23.1 Å². The van der Waals surface area contributed by atoms with Crippen LogP contribution in [0.3, 0.4) is 0 Å². The number of carbonyl (C=O) groups is 1. The third-order valence-electron chi connectivity index (χ3n) is 4.02. The van der Waals surface area contributed by atoms with E-state index < -0.39 is 0 Å². The molecule has 1 aromatic carbocycles. The van der Waals surface area contributed by atoms with Crippen LogP contribution in [0.15, 0.2) is 30.3 Å². The minimum Gasteiger partial charge on any atom is -0.331 e. The van der Waals surface area contributed by atoms with Crippen molar-refractivity contribution in [3.05, 3.63) is 35.3 Å². The molecule has 0 bridgehead atoms. The van der Waals surface area contributed by atoms with Crippen LogP contribution < -0.4 is 5.32 Å². The zero-order valence-corrected chi connectivity index (χ0v) is 14.9. The molecule has 2 atom stereocenters. The Labute approximate surface area is 144 Å². The van der Waals surface area contributed by atoms with Crippen molar-refractivity contribution in [1.82, 2.24) is 20.4 Å². The quantitative estimate of drug-likeness (QED) is 0.925. The zero-order chi connectivity index (χ0) is 16.2. The number of benzene rings is 1. The Bertz CT molecular complexity index is 661. The van der Waals surface area contributed by atoms with Crippen LogP contribution in [0.4, 0.5) is 4.79 Å². The molecule has 7 heteroatoms. The van der Waals surface area contributed by atoms with Crippen LogP contribution in [0.1, 0.15) is 18.9 Å². The molecule has 1 aromatic heterocycles. The molecule has 0 saturated carbocycles. The van der Waals surface area contributed by atoms with E-state index in [1.807, 2.05) is 47.0 Å². The van der Waals surface area contributed by atoms with Crippen LogP contribution in [-0.2, 0) is 6.54 Å². The Hall–Kier alpha value is -1.60. The van der Waals surface area contributed by atoms with Gasteiger partial charge in [-0.15, -0.1) is 10.2 Å². The second-order valence-electron chi connectivity index (χ2n) is 5.54. The lowest BCUT2D eigenvalue weighted by atomic mass is 10.2.